The van der Waals surface area contributed by atoms with E-state index in [1.807, 2.05) is 24.3 Å². The lowest BCUT2D eigenvalue weighted by molar-refractivity contribution is 0.265. The Hall–Kier alpha value is -1.03. The van der Waals surface area contributed by atoms with Crippen molar-refractivity contribution in [1.82, 2.24) is 0 Å². The van der Waals surface area contributed by atoms with Crippen LogP contribution in [-0.4, -0.2) is 24.4 Å². The van der Waals surface area contributed by atoms with Gasteiger partial charge in [-0.3, -0.25) is 0 Å². The Morgan fingerprint density at radius 1 is 1.38 bits per heavy atom. The number of hydrogen-bond acceptors (Lipinski definition) is 3. The monoisotopic (exact) mass is 243 g/mol. The number of rotatable bonds is 6. The van der Waals surface area contributed by atoms with E-state index in [1.54, 1.807) is 6.08 Å². The van der Waals surface area contributed by atoms with E-state index in [1.165, 1.54) is 0 Å². The van der Waals surface area contributed by atoms with E-state index < -0.39 is 0 Å². The summed E-state index contributed by atoms with van der Waals surface area (Å²) in [6.45, 7) is 4.09. The molecule has 0 saturated heterocycles. The Morgan fingerprint density at radius 3 is 2.50 bits per heavy atom. The number of aliphatic hydroxyl groups is 1. The van der Waals surface area contributed by atoms with Gasteiger partial charge in [0.05, 0.1) is 6.61 Å². The number of benzene rings is 1. The molecule has 1 aromatic rings. The largest absolute Gasteiger partial charge is 0.490 e. The Balaban J connectivity index is 0.00000225. The first-order valence-electron chi connectivity index (χ1n) is 4.95. The van der Waals surface area contributed by atoms with Crippen molar-refractivity contribution < 1.29 is 9.84 Å². The van der Waals surface area contributed by atoms with Crippen LogP contribution in [0, 0.1) is 0 Å². The maximum Gasteiger partial charge on any atom is 0.119 e. The van der Waals surface area contributed by atoms with E-state index in [2.05, 4.69) is 6.58 Å². The maximum atomic E-state index is 8.81. The summed E-state index contributed by atoms with van der Waals surface area (Å²) in [4.78, 5) is 0. The lowest BCUT2D eigenvalue weighted by Crippen LogP contribution is -2.26. The topological polar surface area (TPSA) is 55.5 Å². The van der Waals surface area contributed by atoms with E-state index in [9.17, 15) is 0 Å². The van der Waals surface area contributed by atoms with Gasteiger partial charge in [0.15, 0.2) is 0 Å². The predicted octanol–water partition coefficient (Wildman–Crippen LogP) is 1.54. The zero-order chi connectivity index (χ0) is 11.1. The second kappa shape index (κ2) is 8.16. The van der Waals surface area contributed by atoms with Crippen LogP contribution in [0.15, 0.2) is 36.9 Å². The molecule has 0 saturated carbocycles. The molecule has 4 heteroatoms. The van der Waals surface area contributed by atoms with Crippen LogP contribution in [0.5, 0.6) is 5.75 Å². The van der Waals surface area contributed by atoms with Crippen LogP contribution in [0.4, 0.5) is 0 Å². The highest BCUT2D eigenvalue weighted by atomic mass is 35.5. The highest BCUT2D eigenvalue weighted by Crippen LogP contribution is 2.13. The number of halogens is 1. The summed E-state index contributed by atoms with van der Waals surface area (Å²) in [6, 6.07) is 7.50. The molecule has 3 N–H and O–H groups in total. The van der Waals surface area contributed by atoms with Crippen LogP contribution in [0.3, 0.4) is 0 Å². The molecule has 1 unspecified atom stereocenters. The summed E-state index contributed by atoms with van der Waals surface area (Å²) >= 11 is 0. The summed E-state index contributed by atoms with van der Waals surface area (Å²) in [7, 11) is 0. The van der Waals surface area contributed by atoms with Gasteiger partial charge in [-0.2, -0.15) is 0 Å². The van der Waals surface area contributed by atoms with E-state index >= 15 is 0 Å². The van der Waals surface area contributed by atoms with E-state index in [-0.39, 0.29) is 25.1 Å². The molecule has 1 rings (SSSR count). The Labute approximate surface area is 102 Å². The fraction of sp³-hybridized carbons (Fsp3) is 0.333. The fourth-order valence-corrected chi connectivity index (χ4v) is 1.24. The first-order chi connectivity index (χ1) is 7.26. The van der Waals surface area contributed by atoms with Gasteiger partial charge in [-0.15, -0.1) is 12.4 Å². The average Bonchev–Trinajstić information content (AvgIpc) is 2.28. The molecular weight excluding hydrogens is 226 g/mol. The lowest BCUT2D eigenvalue weighted by atomic mass is 10.1. The molecule has 0 bridgehead atoms. The number of nitrogens with two attached hydrogens (primary N) is 1. The molecule has 16 heavy (non-hydrogen) atoms. The van der Waals surface area contributed by atoms with E-state index in [0.717, 1.165) is 11.3 Å². The smallest absolute Gasteiger partial charge is 0.119 e. The van der Waals surface area contributed by atoms with Crippen LogP contribution in [0.25, 0.3) is 0 Å². The summed E-state index contributed by atoms with van der Waals surface area (Å²) in [5, 5.41) is 8.81. The van der Waals surface area contributed by atoms with Gasteiger partial charge in [0.2, 0.25) is 0 Å². The second-order valence-corrected chi connectivity index (χ2v) is 3.39. The summed E-state index contributed by atoms with van der Waals surface area (Å²) < 4.78 is 5.34. The molecule has 0 fully saturated rings. The molecule has 0 aliphatic rings. The zero-order valence-electron chi connectivity index (χ0n) is 9.13. The normalized spacial score (nSPS) is 11.4. The number of ether oxygens (including phenoxy) is 1. The Bertz CT molecular complexity index is 300. The highest BCUT2D eigenvalue weighted by Gasteiger charge is 2.02. The van der Waals surface area contributed by atoms with Crippen LogP contribution < -0.4 is 10.5 Å². The molecule has 0 aliphatic heterocycles. The third-order valence-electron chi connectivity index (χ3n) is 2.02. The molecule has 0 amide bonds. The van der Waals surface area contributed by atoms with Gasteiger partial charge in [-0.25, -0.2) is 0 Å². The molecule has 0 aliphatic carbocycles. The molecule has 0 aromatic heterocycles. The summed E-state index contributed by atoms with van der Waals surface area (Å²) in [5.41, 5.74) is 6.73. The molecule has 0 spiro atoms. The van der Waals surface area contributed by atoms with Gasteiger partial charge >= 0.3 is 0 Å². The summed E-state index contributed by atoms with van der Waals surface area (Å²) in [5.74, 6) is 0.816. The van der Waals surface area contributed by atoms with E-state index in [0.29, 0.717) is 13.0 Å². The number of aliphatic hydroxyl groups excluding tert-OH is 1. The van der Waals surface area contributed by atoms with Crippen molar-refractivity contribution in [2.24, 2.45) is 5.73 Å². The van der Waals surface area contributed by atoms with Crippen molar-refractivity contribution in [3.8, 4) is 5.75 Å². The first-order valence-corrected chi connectivity index (χ1v) is 4.95. The predicted molar refractivity (Wildman–Crippen MR) is 68.1 cm³/mol. The van der Waals surface area contributed by atoms with Crippen LogP contribution in [-0.2, 0) is 6.42 Å². The molecule has 3 nitrogen and oxygen atoms in total. The minimum absolute atomic E-state index is 0. The Morgan fingerprint density at radius 2 is 2.00 bits per heavy atom. The standard InChI is InChI=1S/C12H17NO2.ClH/c1-2-7-15-12-5-3-10(4-6-12)8-11(13)9-14;/h2-6,11,14H,1,7-9,13H2;1H. The van der Waals surface area contributed by atoms with Crippen molar-refractivity contribution in [3.05, 3.63) is 42.5 Å². The molecule has 1 aromatic carbocycles. The second-order valence-electron chi connectivity index (χ2n) is 3.39. The van der Waals surface area contributed by atoms with Crippen LogP contribution >= 0.6 is 12.4 Å². The lowest BCUT2D eigenvalue weighted by Gasteiger charge is -2.08. The molecule has 0 radical (unpaired) electrons. The minimum atomic E-state index is -0.190. The Kier molecular flexibility index (Phi) is 7.64. The SMILES string of the molecule is C=CCOc1ccc(CC(N)CO)cc1.Cl. The van der Waals surface area contributed by atoms with Crippen molar-refractivity contribution in [2.75, 3.05) is 13.2 Å². The van der Waals surface area contributed by atoms with Gasteiger partial charge in [0.1, 0.15) is 12.4 Å². The van der Waals surface area contributed by atoms with Gasteiger partial charge in [0.25, 0.3) is 0 Å². The zero-order valence-corrected chi connectivity index (χ0v) is 9.95. The first kappa shape index (κ1) is 15.0. The minimum Gasteiger partial charge on any atom is -0.490 e. The average molecular weight is 244 g/mol. The van der Waals surface area contributed by atoms with Crippen molar-refractivity contribution in [2.45, 2.75) is 12.5 Å². The van der Waals surface area contributed by atoms with Gasteiger partial charge < -0.3 is 15.6 Å². The quantitative estimate of drug-likeness (QED) is 0.746. The molecule has 90 valence electrons. The highest BCUT2D eigenvalue weighted by molar-refractivity contribution is 5.85. The molecule has 0 heterocycles. The third kappa shape index (κ3) is 5.16. The van der Waals surface area contributed by atoms with Crippen molar-refractivity contribution in [1.29, 1.82) is 0 Å². The molecule has 1 atom stereocenters. The van der Waals surface area contributed by atoms with Crippen molar-refractivity contribution >= 4 is 12.4 Å². The third-order valence-corrected chi connectivity index (χ3v) is 2.02. The summed E-state index contributed by atoms with van der Waals surface area (Å²) in [6.07, 6.45) is 2.38. The van der Waals surface area contributed by atoms with Gasteiger partial charge in [-0.1, -0.05) is 24.8 Å². The molecular formula is C12H18ClNO2. The van der Waals surface area contributed by atoms with E-state index in [4.69, 9.17) is 15.6 Å². The van der Waals surface area contributed by atoms with Crippen molar-refractivity contribution in [3.63, 3.8) is 0 Å². The maximum absolute atomic E-state index is 8.81. The van der Waals surface area contributed by atoms with Gasteiger partial charge in [0, 0.05) is 6.04 Å². The van der Waals surface area contributed by atoms with Crippen LogP contribution in [0.1, 0.15) is 5.56 Å². The van der Waals surface area contributed by atoms with Gasteiger partial charge in [-0.05, 0) is 24.1 Å². The fourth-order valence-electron chi connectivity index (χ4n) is 1.24. The van der Waals surface area contributed by atoms with Crippen LogP contribution in [0.2, 0.25) is 0 Å². The number of hydrogen-bond donors (Lipinski definition) is 2.